The molecular formula is C16H24N2O. The van der Waals surface area contributed by atoms with Crippen LogP contribution in [0.1, 0.15) is 56.2 Å². The van der Waals surface area contributed by atoms with Crippen molar-refractivity contribution >= 4 is 11.6 Å². The van der Waals surface area contributed by atoms with Crippen molar-refractivity contribution in [1.29, 1.82) is 0 Å². The van der Waals surface area contributed by atoms with Gasteiger partial charge in [0.2, 0.25) is 5.91 Å². The minimum absolute atomic E-state index is 0.108. The molecule has 2 rings (SSSR count). The van der Waals surface area contributed by atoms with Gasteiger partial charge in [0, 0.05) is 11.7 Å². The highest BCUT2D eigenvalue weighted by Gasteiger charge is 2.19. The molecule has 0 bridgehead atoms. The van der Waals surface area contributed by atoms with Gasteiger partial charge in [0.05, 0.1) is 6.42 Å². The second-order valence-electron chi connectivity index (χ2n) is 5.33. The van der Waals surface area contributed by atoms with Gasteiger partial charge in [0.25, 0.3) is 0 Å². The summed E-state index contributed by atoms with van der Waals surface area (Å²) in [5.74, 6) is 0.108. The molecule has 1 unspecified atom stereocenters. The number of carbonyl (C=O) groups is 1. The maximum atomic E-state index is 11.4. The molecule has 0 fully saturated rings. The fourth-order valence-electron chi connectivity index (χ4n) is 2.72. The molecule has 0 aliphatic carbocycles. The van der Waals surface area contributed by atoms with Crippen molar-refractivity contribution in [1.82, 2.24) is 5.32 Å². The molecule has 2 N–H and O–H groups in total. The third-order valence-corrected chi connectivity index (χ3v) is 3.85. The van der Waals surface area contributed by atoms with E-state index in [0.717, 1.165) is 17.7 Å². The van der Waals surface area contributed by atoms with Gasteiger partial charge in [-0.2, -0.15) is 0 Å². The van der Waals surface area contributed by atoms with Gasteiger partial charge in [0.15, 0.2) is 0 Å². The molecule has 0 saturated carbocycles. The number of hydrogen-bond donors (Lipinski definition) is 2. The quantitative estimate of drug-likeness (QED) is 0.738. The van der Waals surface area contributed by atoms with Gasteiger partial charge in [-0.3, -0.25) is 4.79 Å². The van der Waals surface area contributed by atoms with Gasteiger partial charge in [-0.05, 0) is 30.7 Å². The third-order valence-electron chi connectivity index (χ3n) is 3.85. The van der Waals surface area contributed by atoms with E-state index in [1.807, 2.05) is 13.1 Å². The largest absolute Gasteiger partial charge is 0.326 e. The molecule has 1 atom stereocenters. The zero-order valence-corrected chi connectivity index (χ0v) is 12.0. The number of amides is 1. The molecule has 0 spiro atoms. The van der Waals surface area contributed by atoms with E-state index in [9.17, 15) is 4.79 Å². The Kier molecular flexibility index (Phi) is 4.97. The molecule has 1 aromatic carbocycles. The lowest BCUT2D eigenvalue weighted by Gasteiger charge is -2.17. The zero-order valence-electron chi connectivity index (χ0n) is 12.0. The van der Waals surface area contributed by atoms with E-state index >= 15 is 0 Å². The lowest BCUT2D eigenvalue weighted by Crippen LogP contribution is -2.16. The predicted octanol–water partition coefficient (Wildman–Crippen LogP) is 3.41. The summed E-state index contributed by atoms with van der Waals surface area (Å²) in [6, 6.07) is 6.74. The lowest BCUT2D eigenvalue weighted by molar-refractivity contribution is -0.115. The molecule has 1 aliphatic rings. The number of hydrogen-bond acceptors (Lipinski definition) is 2. The predicted molar refractivity (Wildman–Crippen MR) is 79.3 cm³/mol. The molecule has 0 saturated heterocycles. The minimum atomic E-state index is 0.108. The van der Waals surface area contributed by atoms with Gasteiger partial charge in [-0.15, -0.1) is 0 Å². The Morgan fingerprint density at radius 2 is 2.16 bits per heavy atom. The van der Waals surface area contributed by atoms with Gasteiger partial charge >= 0.3 is 0 Å². The van der Waals surface area contributed by atoms with E-state index in [1.54, 1.807) is 0 Å². The second kappa shape index (κ2) is 6.71. The van der Waals surface area contributed by atoms with Crippen LogP contribution in [0.3, 0.4) is 0 Å². The number of carbonyl (C=O) groups excluding carboxylic acids is 1. The lowest BCUT2D eigenvalue weighted by atomic mass is 9.97. The molecular weight excluding hydrogens is 236 g/mol. The fraction of sp³-hybridized carbons (Fsp3) is 0.562. The Labute approximate surface area is 115 Å². The highest BCUT2D eigenvalue weighted by atomic mass is 16.1. The average Bonchev–Trinajstić information content (AvgIpc) is 2.78. The van der Waals surface area contributed by atoms with Crippen molar-refractivity contribution < 1.29 is 4.79 Å². The first-order chi connectivity index (χ1) is 9.24. The Hall–Kier alpha value is -1.35. The number of rotatable bonds is 7. The Morgan fingerprint density at radius 3 is 2.89 bits per heavy atom. The van der Waals surface area contributed by atoms with Crippen molar-refractivity contribution in [3.05, 3.63) is 29.3 Å². The molecule has 0 radical (unpaired) electrons. The Bertz CT molecular complexity index is 442. The summed E-state index contributed by atoms with van der Waals surface area (Å²) in [5, 5.41) is 6.27. The molecule has 0 aromatic heterocycles. The van der Waals surface area contributed by atoms with Crippen LogP contribution in [0.4, 0.5) is 5.69 Å². The highest BCUT2D eigenvalue weighted by molar-refractivity contribution is 5.99. The normalized spacial score (nSPS) is 15.2. The molecule has 1 heterocycles. The Balaban J connectivity index is 1.99. The van der Waals surface area contributed by atoms with E-state index in [0.29, 0.717) is 12.5 Å². The van der Waals surface area contributed by atoms with Crippen LogP contribution >= 0.6 is 0 Å². The first kappa shape index (κ1) is 14.1. The SMILES string of the molecule is CCCCCCC(NC)c1ccc2c(c1)CC(=O)N2. The van der Waals surface area contributed by atoms with Crippen molar-refractivity contribution in [2.24, 2.45) is 0 Å². The third kappa shape index (κ3) is 3.57. The number of benzene rings is 1. The summed E-state index contributed by atoms with van der Waals surface area (Å²) in [4.78, 5) is 11.4. The van der Waals surface area contributed by atoms with Gasteiger partial charge < -0.3 is 10.6 Å². The number of fused-ring (bicyclic) bond motifs is 1. The monoisotopic (exact) mass is 260 g/mol. The molecule has 19 heavy (non-hydrogen) atoms. The summed E-state index contributed by atoms with van der Waals surface area (Å²) in [6.07, 6.45) is 6.84. The standard InChI is InChI=1S/C16H24N2O/c1-3-4-5-6-7-14(17-2)12-8-9-15-13(10-12)11-16(19)18-15/h8-10,14,17H,3-7,11H2,1-2H3,(H,18,19). The molecule has 1 aliphatic heterocycles. The van der Waals surface area contributed by atoms with Crippen molar-refractivity contribution in [2.45, 2.75) is 51.5 Å². The van der Waals surface area contributed by atoms with Crippen LogP contribution in [0.15, 0.2) is 18.2 Å². The average molecular weight is 260 g/mol. The molecule has 1 amide bonds. The van der Waals surface area contributed by atoms with Crippen LogP contribution in [0, 0.1) is 0 Å². The molecule has 104 valence electrons. The summed E-state index contributed by atoms with van der Waals surface area (Å²) in [6.45, 7) is 2.24. The van der Waals surface area contributed by atoms with Crippen molar-refractivity contribution in [3.8, 4) is 0 Å². The number of anilines is 1. The van der Waals surface area contributed by atoms with Crippen LogP contribution < -0.4 is 10.6 Å². The van der Waals surface area contributed by atoms with E-state index in [-0.39, 0.29) is 5.91 Å². The zero-order chi connectivity index (χ0) is 13.7. The van der Waals surface area contributed by atoms with Crippen LogP contribution in [0.25, 0.3) is 0 Å². The van der Waals surface area contributed by atoms with E-state index in [2.05, 4.69) is 29.7 Å². The molecule has 3 nitrogen and oxygen atoms in total. The van der Waals surface area contributed by atoms with Crippen molar-refractivity contribution in [3.63, 3.8) is 0 Å². The van der Waals surface area contributed by atoms with Crippen LogP contribution in [-0.4, -0.2) is 13.0 Å². The molecule has 3 heteroatoms. The summed E-state index contributed by atoms with van der Waals surface area (Å²) < 4.78 is 0. The van der Waals surface area contributed by atoms with E-state index < -0.39 is 0 Å². The van der Waals surface area contributed by atoms with Crippen molar-refractivity contribution in [2.75, 3.05) is 12.4 Å². The van der Waals surface area contributed by atoms with Crippen LogP contribution in [0.2, 0.25) is 0 Å². The van der Waals surface area contributed by atoms with Crippen LogP contribution in [-0.2, 0) is 11.2 Å². The van der Waals surface area contributed by atoms with Gasteiger partial charge in [-0.1, -0.05) is 44.7 Å². The maximum absolute atomic E-state index is 11.4. The van der Waals surface area contributed by atoms with Gasteiger partial charge in [0.1, 0.15) is 0 Å². The minimum Gasteiger partial charge on any atom is -0.326 e. The van der Waals surface area contributed by atoms with Gasteiger partial charge in [-0.25, -0.2) is 0 Å². The summed E-state index contributed by atoms with van der Waals surface area (Å²) >= 11 is 0. The highest BCUT2D eigenvalue weighted by Crippen LogP contribution is 2.28. The first-order valence-electron chi connectivity index (χ1n) is 7.34. The van der Waals surface area contributed by atoms with E-state index in [1.165, 1.54) is 31.2 Å². The Morgan fingerprint density at radius 1 is 1.32 bits per heavy atom. The fourth-order valence-corrected chi connectivity index (χ4v) is 2.72. The number of nitrogens with one attached hydrogen (secondary N) is 2. The summed E-state index contributed by atoms with van der Waals surface area (Å²) in [5.41, 5.74) is 3.42. The topological polar surface area (TPSA) is 41.1 Å². The summed E-state index contributed by atoms with van der Waals surface area (Å²) in [7, 11) is 2.01. The first-order valence-corrected chi connectivity index (χ1v) is 7.34. The van der Waals surface area contributed by atoms with E-state index in [4.69, 9.17) is 0 Å². The second-order valence-corrected chi connectivity index (χ2v) is 5.33. The maximum Gasteiger partial charge on any atom is 0.228 e. The number of unbranched alkanes of at least 4 members (excludes halogenated alkanes) is 3. The molecule has 1 aromatic rings. The van der Waals surface area contributed by atoms with Crippen LogP contribution in [0.5, 0.6) is 0 Å². The smallest absolute Gasteiger partial charge is 0.228 e.